The van der Waals surface area contributed by atoms with Crippen molar-refractivity contribution >= 4 is 10.9 Å². The first-order chi connectivity index (χ1) is 15.7. The molecular weight excluding hydrogens is 398 g/mol. The molecule has 3 aromatic carbocycles. The Balaban J connectivity index is 1.43. The van der Waals surface area contributed by atoms with Crippen LogP contribution in [0.25, 0.3) is 33.4 Å². The van der Waals surface area contributed by atoms with Crippen LogP contribution in [0.5, 0.6) is 5.75 Å². The fourth-order valence-corrected chi connectivity index (χ4v) is 3.88. The second-order valence-electron chi connectivity index (χ2n) is 7.66. The maximum atomic E-state index is 6.41. The maximum absolute atomic E-state index is 6.41. The Morgan fingerprint density at radius 1 is 0.906 bits per heavy atom. The van der Waals surface area contributed by atoms with Crippen molar-refractivity contribution in [1.29, 1.82) is 0 Å². The Morgan fingerprint density at radius 2 is 1.66 bits per heavy atom. The summed E-state index contributed by atoms with van der Waals surface area (Å²) < 4.78 is 6.41. The third-order valence-corrected chi connectivity index (χ3v) is 5.62. The van der Waals surface area contributed by atoms with Crippen molar-refractivity contribution in [2.24, 2.45) is 0 Å². The minimum atomic E-state index is -0.103. The van der Waals surface area contributed by atoms with E-state index in [1.54, 1.807) is 0 Å². The summed E-state index contributed by atoms with van der Waals surface area (Å²) in [5.74, 6) is 1.52. The molecular formula is C26H23N5O. The van der Waals surface area contributed by atoms with Crippen LogP contribution in [-0.2, 0) is 6.42 Å². The summed E-state index contributed by atoms with van der Waals surface area (Å²) in [7, 11) is 0. The number of H-pyrrole nitrogens is 1. The predicted octanol–water partition coefficient (Wildman–Crippen LogP) is 5.78. The van der Waals surface area contributed by atoms with Gasteiger partial charge in [-0.25, -0.2) is 5.10 Å². The maximum Gasteiger partial charge on any atom is 0.180 e. The molecule has 0 saturated heterocycles. The van der Waals surface area contributed by atoms with E-state index in [1.165, 1.54) is 0 Å². The standard InChI is InChI=1S/C26H23N5O/c1-3-20-16-25(23-10-6-7-11-24(23)27-20)32-17(2)18-12-14-19(15-13-18)21-8-4-5-9-22(21)26-28-30-31-29-26/h4-17H,3H2,1-2H3,(H,28,29,30,31). The highest BCUT2D eigenvalue weighted by molar-refractivity contribution is 5.85. The minimum absolute atomic E-state index is 0.103. The molecule has 158 valence electrons. The number of rotatable bonds is 6. The number of tetrazole rings is 1. The van der Waals surface area contributed by atoms with Gasteiger partial charge < -0.3 is 4.74 Å². The first-order valence-corrected chi connectivity index (χ1v) is 10.7. The Morgan fingerprint density at radius 3 is 2.41 bits per heavy atom. The number of fused-ring (bicyclic) bond motifs is 1. The number of benzene rings is 3. The van der Waals surface area contributed by atoms with Crippen LogP contribution in [0.2, 0.25) is 0 Å². The molecule has 32 heavy (non-hydrogen) atoms. The van der Waals surface area contributed by atoms with E-state index < -0.39 is 0 Å². The third kappa shape index (κ3) is 3.83. The van der Waals surface area contributed by atoms with E-state index in [4.69, 9.17) is 9.72 Å². The molecule has 1 atom stereocenters. The van der Waals surface area contributed by atoms with Crippen LogP contribution in [0.15, 0.2) is 78.9 Å². The van der Waals surface area contributed by atoms with Gasteiger partial charge in [0.15, 0.2) is 5.82 Å². The lowest BCUT2D eigenvalue weighted by atomic mass is 9.97. The topological polar surface area (TPSA) is 76.6 Å². The molecule has 0 aliphatic heterocycles. The second kappa shape index (κ2) is 8.59. The van der Waals surface area contributed by atoms with Gasteiger partial charge in [-0.2, -0.15) is 0 Å². The number of aromatic amines is 1. The number of aromatic nitrogens is 5. The van der Waals surface area contributed by atoms with Crippen LogP contribution in [0.4, 0.5) is 0 Å². The molecule has 1 N–H and O–H groups in total. The average molecular weight is 422 g/mol. The number of aryl methyl sites for hydroxylation is 1. The SMILES string of the molecule is CCc1cc(OC(C)c2ccc(-c3ccccc3-c3nnn[nH]3)cc2)c2ccccc2n1. The van der Waals surface area contributed by atoms with Crippen molar-refractivity contribution in [1.82, 2.24) is 25.6 Å². The molecule has 0 aliphatic carbocycles. The first-order valence-electron chi connectivity index (χ1n) is 10.7. The van der Waals surface area contributed by atoms with Crippen LogP contribution >= 0.6 is 0 Å². The molecule has 0 amide bonds. The van der Waals surface area contributed by atoms with Gasteiger partial charge in [0.25, 0.3) is 0 Å². The van der Waals surface area contributed by atoms with Gasteiger partial charge in [0.2, 0.25) is 0 Å². The van der Waals surface area contributed by atoms with Crippen molar-refractivity contribution in [2.45, 2.75) is 26.4 Å². The highest BCUT2D eigenvalue weighted by atomic mass is 16.5. The highest BCUT2D eigenvalue weighted by Gasteiger charge is 2.14. The second-order valence-corrected chi connectivity index (χ2v) is 7.66. The summed E-state index contributed by atoms with van der Waals surface area (Å²) in [6, 6.07) is 26.7. The zero-order valence-corrected chi connectivity index (χ0v) is 18.0. The van der Waals surface area contributed by atoms with E-state index in [0.717, 1.165) is 51.0 Å². The molecule has 2 heterocycles. The van der Waals surface area contributed by atoms with Crippen LogP contribution in [-0.4, -0.2) is 25.6 Å². The molecule has 0 bridgehead atoms. The molecule has 0 saturated carbocycles. The van der Waals surface area contributed by atoms with Crippen LogP contribution < -0.4 is 4.74 Å². The number of nitrogens with zero attached hydrogens (tertiary/aromatic N) is 4. The van der Waals surface area contributed by atoms with Gasteiger partial charge in [-0.15, -0.1) is 5.10 Å². The van der Waals surface area contributed by atoms with Crippen LogP contribution in [0.3, 0.4) is 0 Å². The quantitative estimate of drug-likeness (QED) is 0.376. The molecule has 0 fully saturated rings. The number of pyridine rings is 1. The lowest BCUT2D eigenvalue weighted by molar-refractivity contribution is 0.229. The molecule has 1 unspecified atom stereocenters. The van der Waals surface area contributed by atoms with E-state index in [2.05, 4.69) is 76.9 Å². The Labute approximate surface area is 186 Å². The van der Waals surface area contributed by atoms with Crippen molar-refractivity contribution in [3.63, 3.8) is 0 Å². The van der Waals surface area contributed by atoms with Gasteiger partial charge in [0.05, 0.1) is 5.52 Å². The van der Waals surface area contributed by atoms with E-state index in [1.807, 2.05) is 36.4 Å². The monoisotopic (exact) mass is 421 g/mol. The summed E-state index contributed by atoms with van der Waals surface area (Å²) in [5.41, 5.74) is 6.22. The normalized spacial score (nSPS) is 12.1. The summed E-state index contributed by atoms with van der Waals surface area (Å²) in [5, 5.41) is 15.3. The third-order valence-electron chi connectivity index (χ3n) is 5.62. The molecule has 0 aliphatic rings. The van der Waals surface area contributed by atoms with E-state index in [9.17, 15) is 0 Å². The number of para-hydroxylation sites is 1. The van der Waals surface area contributed by atoms with Gasteiger partial charge in [-0.05, 0) is 52.6 Å². The summed E-state index contributed by atoms with van der Waals surface area (Å²) in [6.07, 6.45) is 0.762. The molecule has 2 aromatic heterocycles. The van der Waals surface area contributed by atoms with Crippen molar-refractivity contribution in [2.75, 3.05) is 0 Å². The number of hydrogen-bond donors (Lipinski definition) is 1. The van der Waals surface area contributed by atoms with E-state index >= 15 is 0 Å². The number of hydrogen-bond acceptors (Lipinski definition) is 5. The molecule has 5 aromatic rings. The lowest BCUT2D eigenvalue weighted by Gasteiger charge is -2.18. The van der Waals surface area contributed by atoms with E-state index in [-0.39, 0.29) is 6.10 Å². The molecule has 0 spiro atoms. The zero-order chi connectivity index (χ0) is 21.9. The largest absolute Gasteiger partial charge is 0.485 e. The predicted molar refractivity (Wildman–Crippen MR) is 125 cm³/mol. The zero-order valence-electron chi connectivity index (χ0n) is 18.0. The van der Waals surface area contributed by atoms with E-state index in [0.29, 0.717) is 5.82 Å². The fraction of sp³-hybridized carbons (Fsp3) is 0.154. The van der Waals surface area contributed by atoms with Crippen molar-refractivity contribution in [3.8, 4) is 28.3 Å². The first kappa shape index (κ1) is 19.9. The van der Waals surface area contributed by atoms with Gasteiger partial charge >= 0.3 is 0 Å². The number of nitrogens with one attached hydrogen (secondary N) is 1. The number of ether oxygens (including phenoxy) is 1. The smallest absolute Gasteiger partial charge is 0.180 e. The van der Waals surface area contributed by atoms with Crippen molar-refractivity contribution in [3.05, 3.63) is 90.1 Å². The highest BCUT2D eigenvalue weighted by Crippen LogP contribution is 2.33. The molecule has 5 rings (SSSR count). The molecule has 6 heteroatoms. The van der Waals surface area contributed by atoms with Crippen LogP contribution in [0.1, 0.15) is 31.2 Å². The lowest BCUT2D eigenvalue weighted by Crippen LogP contribution is -2.04. The molecule has 0 radical (unpaired) electrons. The van der Waals surface area contributed by atoms with Gasteiger partial charge in [-0.3, -0.25) is 4.98 Å². The van der Waals surface area contributed by atoms with Gasteiger partial charge in [0, 0.05) is 22.7 Å². The summed E-state index contributed by atoms with van der Waals surface area (Å²) in [6.45, 7) is 4.18. The summed E-state index contributed by atoms with van der Waals surface area (Å²) >= 11 is 0. The van der Waals surface area contributed by atoms with Gasteiger partial charge in [-0.1, -0.05) is 67.6 Å². The van der Waals surface area contributed by atoms with Gasteiger partial charge in [0.1, 0.15) is 11.9 Å². The minimum Gasteiger partial charge on any atom is -0.485 e. The van der Waals surface area contributed by atoms with Crippen molar-refractivity contribution < 1.29 is 4.74 Å². The average Bonchev–Trinajstić information content (AvgIpc) is 3.39. The fourth-order valence-electron chi connectivity index (χ4n) is 3.88. The molecule has 6 nitrogen and oxygen atoms in total. The Kier molecular flexibility index (Phi) is 5.34. The Hall–Kier alpha value is -4.06. The van der Waals surface area contributed by atoms with Crippen LogP contribution in [0, 0.1) is 0 Å². The Bertz CT molecular complexity index is 1350. The summed E-state index contributed by atoms with van der Waals surface area (Å²) in [4.78, 5) is 4.71.